The van der Waals surface area contributed by atoms with Crippen molar-refractivity contribution in [2.75, 3.05) is 12.3 Å². The third-order valence-corrected chi connectivity index (χ3v) is 6.21. The molecule has 0 radical (unpaired) electrons. The van der Waals surface area contributed by atoms with Gasteiger partial charge >= 0.3 is 0 Å². The van der Waals surface area contributed by atoms with E-state index in [4.69, 9.17) is 11.6 Å². The molecule has 1 fully saturated rings. The van der Waals surface area contributed by atoms with Gasteiger partial charge in [0.1, 0.15) is 5.37 Å². The van der Waals surface area contributed by atoms with Crippen LogP contribution in [0.5, 0.6) is 0 Å². The number of halogens is 1. The number of hydrogen-bond donors (Lipinski definition) is 1. The van der Waals surface area contributed by atoms with Gasteiger partial charge in [0.15, 0.2) is 0 Å². The van der Waals surface area contributed by atoms with E-state index in [9.17, 15) is 9.59 Å². The van der Waals surface area contributed by atoms with Gasteiger partial charge in [0.2, 0.25) is 5.91 Å². The van der Waals surface area contributed by atoms with Crippen LogP contribution in [0.2, 0.25) is 5.02 Å². The van der Waals surface area contributed by atoms with Crippen LogP contribution >= 0.6 is 23.4 Å². The van der Waals surface area contributed by atoms with Crippen LogP contribution in [0, 0.1) is 5.92 Å². The van der Waals surface area contributed by atoms with E-state index in [1.54, 1.807) is 11.8 Å². The molecule has 2 amide bonds. The Balaban J connectivity index is 1.66. The molecule has 0 unspecified atom stereocenters. The van der Waals surface area contributed by atoms with E-state index in [1.165, 1.54) is 0 Å². The van der Waals surface area contributed by atoms with Gasteiger partial charge in [-0.25, -0.2) is 0 Å². The zero-order chi connectivity index (χ0) is 20.1. The molecule has 4 nitrogen and oxygen atoms in total. The highest BCUT2D eigenvalue weighted by molar-refractivity contribution is 8.00. The average molecular weight is 417 g/mol. The zero-order valence-electron chi connectivity index (χ0n) is 16.2. The Morgan fingerprint density at radius 1 is 1.18 bits per heavy atom. The molecule has 0 aromatic heterocycles. The highest BCUT2D eigenvalue weighted by atomic mass is 35.5. The first-order valence-corrected chi connectivity index (χ1v) is 10.9. The van der Waals surface area contributed by atoms with Gasteiger partial charge < -0.3 is 10.2 Å². The summed E-state index contributed by atoms with van der Waals surface area (Å²) in [7, 11) is 0. The number of thioether (sulfide) groups is 1. The van der Waals surface area contributed by atoms with Gasteiger partial charge in [-0.15, -0.1) is 11.8 Å². The van der Waals surface area contributed by atoms with Crippen molar-refractivity contribution in [1.29, 1.82) is 0 Å². The molecule has 1 heterocycles. The first-order chi connectivity index (χ1) is 13.4. The Morgan fingerprint density at radius 2 is 1.86 bits per heavy atom. The van der Waals surface area contributed by atoms with Crippen LogP contribution in [0.15, 0.2) is 48.5 Å². The van der Waals surface area contributed by atoms with Crippen molar-refractivity contribution >= 4 is 35.2 Å². The number of nitrogens with zero attached hydrogens (tertiary/aromatic N) is 1. The monoisotopic (exact) mass is 416 g/mol. The molecule has 1 atom stereocenters. The zero-order valence-corrected chi connectivity index (χ0v) is 17.7. The van der Waals surface area contributed by atoms with Crippen LogP contribution in [0.1, 0.15) is 47.1 Å². The third-order valence-electron chi connectivity index (χ3n) is 4.70. The predicted molar refractivity (Wildman–Crippen MR) is 115 cm³/mol. The van der Waals surface area contributed by atoms with Crippen LogP contribution < -0.4 is 5.32 Å². The summed E-state index contributed by atoms with van der Waals surface area (Å²) in [5, 5.41) is 3.60. The highest BCUT2D eigenvalue weighted by Crippen LogP contribution is 2.39. The number of rotatable bonds is 7. The molecule has 28 heavy (non-hydrogen) atoms. The molecule has 1 N–H and O–H groups in total. The first kappa shape index (κ1) is 20.7. The molecule has 1 aliphatic rings. The molecule has 6 heteroatoms. The minimum atomic E-state index is -0.0552. The molecular formula is C22H25ClN2O2S. The summed E-state index contributed by atoms with van der Waals surface area (Å²) in [5.74, 6) is 1.10. The van der Waals surface area contributed by atoms with E-state index < -0.39 is 0 Å². The van der Waals surface area contributed by atoms with Gasteiger partial charge in [-0.1, -0.05) is 49.7 Å². The second kappa shape index (κ2) is 9.48. The van der Waals surface area contributed by atoms with E-state index in [1.807, 2.05) is 53.4 Å². The summed E-state index contributed by atoms with van der Waals surface area (Å²) in [5.41, 5.74) is 2.72. The maximum Gasteiger partial charge on any atom is 0.251 e. The summed E-state index contributed by atoms with van der Waals surface area (Å²) in [6.07, 6.45) is 0.963. The van der Waals surface area contributed by atoms with E-state index in [-0.39, 0.29) is 17.2 Å². The molecule has 148 valence electrons. The first-order valence-electron chi connectivity index (χ1n) is 9.47. The SMILES string of the molecule is CC(C)CCNC(=O)c1ccc([C@@H]2SCC(=O)N2Cc2ccc(Cl)cc2)cc1. The molecule has 0 spiro atoms. The van der Waals surface area contributed by atoms with Crippen molar-refractivity contribution in [1.82, 2.24) is 10.2 Å². The lowest BCUT2D eigenvalue weighted by atomic mass is 10.1. The van der Waals surface area contributed by atoms with Crippen LogP contribution in [0.25, 0.3) is 0 Å². The molecule has 0 bridgehead atoms. The molecule has 0 saturated carbocycles. The fourth-order valence-electron chi connectivity index (χ4n) is 3.06. The van der Waals surface area contributed by atoms with Gasteiger partial charge in [0, 0.05) is 23.7 Å². The van der Waals surface area contributed by atoms with Crippen molar-refractivity contribution < 1.29 is 9.59 Å². The smallest absolute Gasteiger partial charge is 0.251 e. The Morgan fingerprint density at radius 3 is 2.50 bits per heavy atom. The van der Waals surface area contributed by atoms with Crippen molar-refractivity contribution in [3.8, 4) is 0 Å². The summed E-state index contributed by atoms with van der Waals surface area (Å²) >= 11 is 7.57. The number of carbonyl (C=O) groups excluding carboxylic acids is 2. The van der Waals surface area contributed by atoms with Crippen molar-refractivity contribution in [2.45, 2.75) is 32.2 Å². The number of benzene rings is 2. The summed E-state index contributed by atoms with van der Waals surface area (Å²) < 4.78 is 0. The molecule has 0 aliphatic carbocycles. The fourth-order valence-corrected chi connectivity index (χ4v) is 4.38. The molecule has 2 aromatic carbocycles. The number of hydrogen-bond acceptors (Lipinski definition) is 3. The third kappa shape index (κ3) is 5.30. The Bertz CT molecular complexity index is 821. The topological polar surface area (TPSA) is 49.4 Å². The van der Waals surface area contributed by atoms with Gasteiger partial charge in [-0.3, -0.25) is 9.59 Å². The van der Waals surface area contributed by atoms with Crippen LogP contribution in [-0.2, 0) is 11.3 Å². The number of nitrogens with one attached hydrogen (secondary N) is 1. The molecule has 2 aromatic rings. The lowest BCUT2D eigenvalue weighted by Gasteiger charge is -2.24. The minimum Gasteiger partial charge on any atom is -0.352 e. The molecular weight excluding hydrogens is 392 g/mol. The lowest BCUT2D eigenvalue weighted by Crippen LogP contribution is -2.28. The molecule has 1 saturated heterocycles. The Hall–Kier alpha value is -1.98. The van der Waals surface area contributed by atoms with Crippen molar-refractivity contribution in [2.24, 2.45) is 5.92 Å². The lowest BCUT2D eigenvalue weighted by molar-refractivity contribution is -0.128. The number of carbonyl (C=O) groups is 2. The van der Waals surface area contributed by atoms with E-state index in [0.29, 0.717) is 35.3 Å². The largest absolute Gasteiger partial charge is 0.352 e. The molecule has 3 rings (SSSR count). The second-order valence-corrected chi connectivity index (χ2v) is 8.88. The predicted octanol–water partition coefficient (Wildman–Crippen LogP) is 4.89. The summed E-state index contributed by atoms with van der Waals surface area (Å²) in [6, 6.07) is 15.1. The Kier molecular flexibility index (Phi) is 7.03. The van der Waals surface area contributed by atoms with E-state index in [0.717, 1.165) is 17.5 Å². The quantitative estimate of drug-likeness (QED) is 0.699. The average Bonchev–Trinajstić information content (AvgIpc) is 3.04. The summed E-state index contributed by atoms with van der Waals surface area (Å²) in [4.78, 5) is 26.5. The fraction of sp³-hybridized carbons (Fsp3) is 0.364. The second-order valence-electron chi connectivity index (χ2n) is 7.37. The minimum absolute atomic E-state index is 0.0405. The van der Waals surface area contributed by atoms with Gasteiger partial charge in [-0.05, 0) is 47.7 Å². The van der Waals surface area contributed by atoms with Gasteiger partial charge in [0.05, 0.1) is 5.75 Å². The number of amides is 2. The highest BCUT2D eigenvalue weighted by Gasteiger charge is 2.32. The van der Waals surface area contributed by atoms with E-state index in [2.05, 4.69) is 19.2 Å². The van der Waals surface area contributed by atoms with Crippen LogP contribution in [-0.4, -0.2) is 29.0 Å². The van der Waals surface area contributed by atoms with Crippen LogP contribution in [0.3, 0.4) is 0 Å². The van der Waals surface area contributed by atoms with Crippen LogP contribution in [0.4, 0.5) is 0 Å². The maximum absolute atomic E-state index is 12.4. The van der Waals surface area contributed by atoms with E-state index >= 15 is 0 Å². The standard InChI is InChI=1S/C22H25ClN2O2S/c1-15(2)11-12-24-21(27)17-5-7-18(8-6-17)22-25(20(26)14-28-22)13-16-3-9-19(23)10-4-16/h3-10,15,22H,11-14H2,1-2H3,(H,24,27)/t22-/m0/s1. The maximum atomic E-state index is 12.4. The normalized spacial score (nSPS) is 16.6. The van der Waals surface area contributed by atoms with Crippen molar-refractivity contribution in [3.05, 3.63) is 70.2 Å². The van der Waals surface area contributed by atoms with Crippen molar-refractivity contribution in [3.63, 3.8) is 0 Å². The summed E-state index contributed by atoms with van der Waals surface area (Å²) in [6.45, 7) is 5.50. The Labute approximate surface area is 175 Å². The van der Waals surface area contributed by atoms with Gasteiger partial charge in [-0.2, -0.15) is 0 Å². The van der Waals surface area contributed by atoms with Gasteiger partial charge in [0.25, 0.3) is 5.91 Å². The molecule has 1 aliphatic heterocycles.